The molecular formula is C8H9F3N2OS. The Labute approximate surface area is 88.5 Å². The lowest BCUT2D eigenvalue weighted by Gasteiger charge is -2.20. The van der Waals surface area contributed by atoms with Gasteiger partial charge in [-0.05, 0) is 6.92 Å². The molecule has 1 aromatic heterocycles. The molecular weight excluding hydrogens is 229 g/mol. The van der Waals surface area contributed by atoms with E-state index >= 15 is 0 Å². The van der Waals surface area contributed by atoms with E-state index in [0.29, 0.717) is 11.2 Å². The fraction of sp³-hybridized carbons (Fsp3) is 0.500. The quantitative estimate of drug-likeness (QED) is 0.755. The highest BCUT2D eigenvalue weighted by Crippen LogP contribution is 2.25. The number of thiazole rings is 1. The summed E-state index contributed by atoms with van der Waals surface area (Å²) in [4.78, 5) is 15.5. The number of hydrogen-bond acceptors (Lipinski definition) is 4. The van der Waals surface area contributed by atoms with Crippen LogP contribution in [0, 0.1) is 0 Å². The molecule has 0 saturated carbocycles. The first-order valence-corrected chi connectivity index (χ1v) is 5.00. The molecule has 0 fully saturated rings. The number of alkyl halides is 3. The topological polar surface area (TPSA) is 33.2 Å². The van der Waals surface area contributed by atoms with Gasteiger partial charge in [0.05, 0.1) is 11.1 Å². The molecule has 84 valence electrons. The van der Waals surface area contributed by atoms with E-state index in [4.69, 9.17) is 0 Å². The number of nitrogens with zero attached hydrogens (tertiary/aromatic N) is 2. The zero-order valence-electron chi connectivity index (χ0n) is 7.91. The molecule has 1 aromatic rings. The highest BCUT2D eigenvalue weighted by atomic mass is 32.1. The van der Waals surface area contributed by atoms with Gasteiger partial charge in [0.15, 0.2) is 11.4 Å². The second kappa shape index (κ2) is 4.61. The molecule has 0 saturated heterocycles. The minimum Gasteiger partial charge on any atom is -0.339 e. The first-order valence-electron chi connectivity index (χ1n) is 4.19. The molecule has 0 aromatic carbocycles. The minimum absolute atomic E-state index is 0.200. The number of halogens is 3. The van der Waals surface area contributed by atoms with E-state index in [-0.39, 0.29) is 11.7 Å². The van der Waals surface area contributed by atoms with Crippen LogP contribution in [-0.2, 0) is 0 Å². The summed E-state index contributed by atoms with van der Waals surface area (Å²) in [5.41, 5.74) is 0. The lowest BCUT2D eigenvalue weighted by atomic mass is 10.5. The van der Waals surface area contributed by atoms with Crippen molar-refractivity contribution in [1.29, 1.82) is 0 Å². The van der Waals surface area contributed by atoms with Gasteiger partial charge in [-0.15, -0.1) is 0 Å². The van der Waals surface area contributed by atoms with Gasteiger partial charge in [-0.1, -0.05) is 11.3 Å². The molecule has 0 bridgehead atoms. The van der Waals surface area contributed by atoms with E-state index in [2.05, 4.69) is 4.98 Å². The number of carbonyl (C=O) groups excluding carboxylic acids is 1. The van der Waals surface area contributed by atoms with E-state index in [1.165, 1.54) is 6.20 Å². The van der Waals surface area contributed by atoms with Gasteiger partial charge in [0.1, 0.15) is 6.54 Å². The Morgan fingerprint density at radius 3 is 2.67 bits per heavy atom. The number of anilines is 1. The molecule has 1 rings (SSSR count). The second-order valence-electron chi connectivity index (χ2n) is 2.79. The zero-order valence-corrected chi connectivity index (χ0v) is 8.73. The van der Waals surface area contributed by atoms with E-state index in [1.54, 1.807) is 6.92 Å². The number of hydrogen-bond donors (Lipinski definition) is 0. The Hall–Kier alpha value is -1.11. The first-order chi connectivity index (χ1) is 6.96. The van der Waals surface area contributed by atoms with Crippen LogP contribution in [0.5, 0.6) is 0 Å². The Balaban J connectivity index is 2.78. The SMILES string of the molecule is CCN(CC(F)(F)F)c1ncc(C=O)s1. The van der Waals surface area contributed by atoms with Crippen molar-refractivity contribution in [3.63, 3.8) is 0 Å². The average molecular weight is 238 g/mol. The normalized spacial score (nSPS) is 11.5. The van der Waals surface area contributed by atoms with Gasteiger partial charge in [0.25, 0.3) is 0 Å². The Morgan fingerprint density at radius 2 is 2.27 bits per heavy atom. The van der Waals surface area contributed by atoms with E-state index < -0.39 is 12.7 Å². The van der Waals surface area contributed by atoms with Gasteiger partial charge in [-0.25, -0.2) is 4.98 Å². The Bertz CT molecular complexity index is 337. The van der Waals surface area contributed by atoms with Crippen LogP contribution in [0.25, 0.3) is 0 Å². The van der Waals surface area contributed by atoms with Crippen LogP contribution < -0.4 is 4.90 Å². The summed E-state index contributed by atoms with van der Waals surface area (Å²) in [7, 11) is 0. The molecule has 7 heteroatoms. The van der Waals surface area contributed by atoms with Gasteiger partial charge in [-0.2, -0.15) is 13.2 Å². The van der Waals surface area contributed by atoms with Crippen molar-refractivity contribution in [1.82, 2.24) is 4.98 Å². The van der Waals surface area contributed by atoms with Crippen LogP contribution >= 0.6 is 11.3 Å². The largest absolute Gasteiger partial charge is 0.406 e. The molecule has 0 aliphatic rings. The molecule has 0 N–H and O–H groups in total. The lowest BCUT2D eigenvalue weighted by Crippen LogP contribution is -2.33. The van der Waals surface area contributed by atoms with Crippen LogP contribution in [0.4, 0.5) is 18.3 Å². The van der Waals surface area contributed by atoms with E-state index in [9.17, 15) is 18.0 Å². The highest BCUT2D eigenvalue weighted by molar-refractivity contribution is 7.17. The summed E-state index contributed by atoms with van der Waals surface area (Å²) in [6, 6.07) is 0. The summed E-state index contributed by atoms with van der Waals surface area (Å²) in [6.07, 6.45) is -2.42. The third kappa shape index (κ3) is 3.50. The fourth-order valence-corrected chi connectivity index (χ4v) is 1.80. The Morgan fingerprint density at radius 1 is 1.60 bits per heavy atom. The maximum atomic E-state index is 12.1. The van der Waals surface area contributed by atoms with Gasteiger partial charge in [0, 0.05) is 6.54 Å². The van der Waals surface area contributed by atoms with Crippen LogP contribution in [0.15, 0.2) is 6.20 Å². The number of aromatic nitrogens is 1. The molecule has 0 spiro atoms. The lowest BCUT2D eigenvalue weighted by molar-refractivity contribution is -0.119. The van der Waals surface area contributed by atoms with Gasteiger partial charge in [-0.3, -0.25) is 4.79 Å². The van der Waals surface area contributed by atoms with Crippen molar-refractivity contribution >= 4 is 22.8 Å². The van der Waals surface area contributed by atoms with Crippen molar-refractivity contribution in [2.24, 2.45) is 0 Å². The number of carbonyl (C=O) groups is 1. The molecule has 0 unspecified atom stereocenters. The van der Waals surface area contributed by atoms with Crippen LogP contribution in [0.1, 0.15) is 16.6 Å². The monoisotopic (exact) mass is 238 g/mol. The average Bonchev–Trinajstić information content (AvgIpc) is 2.60. The van der Waals surface area contributed by atoms with Gasteiger partial charge < -0.3 is 4.90 Å². The molecule has 0 aliphatic heterocycles. The molecule has 1 heterocycles. The van der Waals surface area contributed by atoms with E-state index in [0.717, 1.165) is 16.2 Å². The van der Waals surface area contributed by atoms with Gasteiger partial charge >= 0.3 is 6.18 Å². The smallest absolute Gasteiger partial charge is 0.339 e. The fourth-order valence-electron chi connectivity index (χ4n) is 1.01. The molecule has 0 amide bonds. The van der Waals surface area contributed by atoms with Crippen LogP contribution in [-0.4, -0.2) is 30.5 Å². The van der Waals surface area contributed by atoms with Crippen LogP contribution in [0.2, 0.25) is 0 Å². The molecule has 3 nitrogen and oxygen atoms in total. The standard InChI is InChI=1S/C8H9F3N2OS/c1-2-13(5-8(9,10)11)7-12-3-6(4-14)15-7/h3-4H,2,5H2,1H3. The summed E-state index contributed by atoms with van der Waals surface area (Å²) < 4.78 is 36.4. The predicted molar refractivity (Wildman–Crippen MR) is 51.4 cm³/mol. The molecule has 0 atom stereocenters. The van der Waals surface area contributed by atoms with Crippen molar-refractivity contribution in [3.05, 3.63) is 11.1 Å². The van der Waals surface area contributed by atoms with Crippen molar-refractivity contribution in [2.75, 3.05) is 18.0 Å². The van der Waals surface area contributed by atoms with E-state index in [1.807, 2.05) is 0 Å². The summed E-state index contributed by atoms with van der Waals surface area (Å²) in [6.45, 7) is 0.758. The summed E-state index contributed by atoms with van der Waals surface area (Å²) in [5.74, 6) is 0. The summed E-state index contributed by atoms with van der Waals surface area (Å²) in [5, 5.41) is 0.219. The molecule has 0 radical (unpaired) electrons. The van der Waals surface area contributed by atoms with Crippen molar-refractivity contribution < 1.29 is 18.0 Å². The molecule has 15 heavy (non-hydrogen) atoms. The van der Waals surface area contributed by atoms with Gasteiger partial charge in [0.2, 0.25) is 0 Å². The van der Waals surface area contributed by atoms with Crippen LogP contribution in [0.3, 0.4) is 0 Å². The zero-order chi connectivity index (χ0) is 11.5. The summed E-state index contributed by atoms with van der Waals surface area (Å²) >= 11 is 0.953. The first kappa shape index (κ1) is 12.0. The number of aldehydes is 1. The second-order valence-corrected chi connectivity index (χ2v) is 3.83. The third-order valence-electron chi connectivity index (χ3n) is 1.65. The maximum absolute atomic E-state index is 12.1. The van der Waals surface area contributed by atoms with Crippen molar-refractivity contribution in [2.45, 2.75) is 13.1 Å². The molecule has 0 aliphatic carbocycles. The third-order valence-corrected chi connectivity index (χ3v) is 2.63. The predicted octanol–water partition coefficient (Wildman–Crippen LogP) is 2.34. The van der Waals surface area contributed by atoms with Crippen molar-refractivity contribution in [3.8, 4) is 0 Å². The maximum Gasteiger partial charge on any atom is 0.406 e. The minimum atomic E-state index is -4.26. The Kier molecular flexibility index (Phi) is 3.67. The highest BCUT2D eigenvalue weighted by Gasteiger charge is 2.31. The number of rotatable bonds is 4.